The van der Waals surface area contributed by atoms with E-state index in [9.17, 15) is 18.3 Å². The van der Waals surface area contributed by atoms with E-state index in [-0.39, 0.29) is 17.0 Å². The maximum atomic E-state index is 11.2. The molecule has 0 spiro atoms. The molecule has 0 atom stereocenters. The second kappa shape index (κ2) is 4.40. The molecule has 6 nitrogen and oxygen atoms in total. The Labute approximate surface area is 93.3 Å². The van der Waals surface area contributed by atoms with Crippen molar-refractivity contribution in [3.63, 3.8) is 0 Å². The SMILES string of the molecule is CNC(=O)c1ccc(NS(C)(=O)=O)cc1O. The van der Waals surface area contributed by atoms with Crippen molar-refractivity contribution in [2.75, 3.05) is 18.0 Å². The molecule has 0 heterocycles. The van der Waals surface area contributed by atoms with Crippen LogP contribution in [0.4, 0.5) is 5.69 Å². The fourth-order valence-corrected chi connectivity index (χ4v) is 1.69. The summed E-state index contributed by atoms with van der Waals surface area (Å²) < 4.78 is 24.0. The smallest absolute Gasteiger partial charge is 0.254 e. The summed E-state index contributed by atoms with van der Waals surface area (Å²) in [4.78, 5) is 11.2. The third kappa shape index (κ3) is 3.13. The molecule has 0 saturated heterocycles. The van der Waals surface area contributed by atoms with E-state index in [1.807, 2.05) is 0 Å². The quantitative estimate of drug-likeness (QED) is 0.704. The zero-order valence-corrected chi connectivity index (χ0v) is 9.63. The lowest BCUT2D eigenvalue weighted by atomic mass is 10.1. The van der Waals surface area contributed by atoms with Gasteiger partial charge in [0.05, 0.1) is 17.5 Å². The lowest BCUT2D eigenvalue weighted by Crippen LogP contribution is -2.18. The number of hydrogen-bond acceptors (Lipinski definition) is 4. The summed E-state index contributed by atoms with van der Waals surface area (Å²) in [6, 6.07) is 3.90. The first-order valence-electron chi connectivity index (χ1n) is 4.36. The molecule has 0 aliphatic carbocycles. The van der Waals surface area contributed by atoms with Crippen LogP contribution in [-0.2, 0) is 10.0 Å². The number of anilines is 1. The Morgan fingerprint density at radius 3 is 2.44 bits per heavy atom. The number of carbonyl (C=O) groups excluding carboxylic acids is 1. The molecular weight excluding hydrogens is 232 g/mol. The van der Waals surface area contributed by atoms with Gasteiger partial charge < -0.3 is 10.4 Å². The first kappa shape index (κ1) is 12.3. The van der Waals surface area contributed by atoms with Crippen molar-refractivity contribution in [1.29, 1.82) is 0 Å². The molecule has 0 saturated carbocycles. The largest absolute Gasteiger partial charge is 0.507 e. The van der Waals surface area contributed by atoms with Gasteiger partial charge in [-0.15, -0.1) is 0 Å². The number of aromatic hydroxyl groups is 1. The number of carbonyl (C=O) groups is 1. The Bertz CT molecular complexity index is 510. The van der Waals surface area contributed by atoms with Crippen molar-refractivity contribution in [2.45, 2.75) is 0 Å². The molecule has 88 valence electrons. The number of rotatable bonds is 3. The van der Waals surface area contributed by atoms with Gasteiger partial charge in [0.15, 0.2) is 0 Å². The Balaban J connectivity index is 3.05. The van der Waals surface area contributed by atoms with Gasteiger partial charge in [-0.1, -0.05) is 0 Å². The Kier molecular flexibility index (Phi) is 3.38. The molecular formula is C9H12N2O4S. The predicted molar refractivity (Wildman–Crippen MR) is 60.0 cm³/mol. The van der Waals surface area contributed by atoms with E-state index in [1.165, 1.54) is 25.2 Å². The van der Waals surface area contributed by atoms with E-state index in [4.69, 9.17) is 0 Å². The van der Waals surface area contributed by atoms with Gasteiger partial charge in [0, 0.05) is 13.1 Å². The van der Waals surface area contributed by atoms with Gasteiger partial charge in [0.2, 0.25) is 10.0 Å². The molecule has 0 aromatic heterocycles. The fraction of sp³-hybridized carbons (Fsp3) is 0.222. The Morgan fingerprint density at radius 2 is 2.00 bits per heavy atom. The number of phenols is 1. The number of phenolic OH excluding ortho intramolecular Hbond substituents is 1. The summed E-state index contributed by atoms with van der Waals surface area (Å²) in [6.45, 7) is 0. The van der Waals surface area contributed by atoms with E-state index in [0.29, 0.717) is 0 Å². The molecule has 0 fully saturated rings. The maximum absolute atomic E-state index is 11.2. The maximum Gasteiger partial charge on any atom is 0.254 e. The van der Waals surface area contributed by atoms with Gasteiger partial charge in [-0.2, -0.15) is 0 Å². The highest BCUT2D eigenvalue weighted by molar-refractivity contribution is 7.92. The topological polar surface area (TPSA) is 95.5 Å². The molecule has 0 unspecified atom stereocenters. The summed E-state index contributed by atoms with van der Waals surface area (Å²) in [5, 5.41) is 11.8. The number of hydrogen-bond donors (Lipinski definition) is 3. The zero-order valence-electron chi connectivity index (χ0n) is 8.81. The standard InChI is InChI=1S/C9H12N2O4S/c1-10-9(13)7-4-3-6(5-8(7)12)11-16(2,14)15/h3-5,11-12H,1-2H3,(H,10,13). The normalized spacial score (nSPS) is 10.9. The van der Waals surface area contributed by atoms with Gasteiger partial charge in [0.25, 0.3) is 5.91 Å². The predicted octanol–water partition coefficient (Wildman–Crippen LogP) is 0.123. The van der Waals surface area contributed by atoms with Gasteiger partial charge in [-0.25, -0.2) is 8.42 Å². The van der Waals surface area contributed by atoms with E-state index < -0.39 is 15.9 Å². The van der Waals surface area contributed by atoms with Gasteiger partial charge in [0.1, 0.15) is 5.75 Å². The average molecular weight is 244 g/mol. The molecule has 0 aliphatic rings. The minimum absolute atomic E-state index is 0.0848. The van der Waals surface area contributed by atoms with Crippen molar-refractivity contribution in [3.05, 3.63) is 23.8 Å². The van der Waals surface area contributed by atoms with E-state index in [1.54, 1.807) is 0 Å². The van der Waals surface area contributed by atoms with Crippen LogP contribution in [0.2, 0.25) is 0 Å². The summed E-state index contributed by atoms with van der Waals surface area (Å²) in [6.07, 6.45) is 0.997. The average Bonchev–Trinajstić information content (AvgIpc) is 2.14. The number of benzene rings is 1. The minimum atomic E-state index is -3.39. The van der Waals surface area contributed by atoms with Crippen molar-refractivity contribution < 1.29 is 18.3 Å². The number of sulfonamides is 1. The first-order valence-corrected chi connectivity index (χ1v) is 6.25. The molecule has 16 heavy (non-hydrogen) atoms. The zero-order chi connectivity index (χ0) is 12.3. The highest BCUT2D eigenvalue weighted by atomic mass is 32.2. The molecule has 0 aliphatic heterocycles. The van der Waals surface area contributed by atoms with Crippen LogP contribution in [0, 0.1) is 0 Å². The molecule has 1 aromatic rings. The Morgan fingerprint density at radius 1 is 1.38 bits per heavy atom. The third-order valence-corrected chi connectivity index (χ3v) is 2.38. The van der Waals surface area contributed by atoms with Crippen LogP contribution in [0.5, 0.6) is 5.75 Å². The van der Waals surface area contributed by atoms with Crippen LogP contribution in [0.3, 0.4) is 0 Å². The first-order chi connectivity index (χ1) is 7.33. The van der Waals surface area contributed by atoms with Crippen molar-refractivity contribution in [1.82, 2.24) is 5.32 Å². The molecule has 7 heteroatoms. The number of nitrogens with one attached hydrogen (secondary N) is 2. The van der Waals surface area contributed by atoms with Crippen molar-refractivity contribution >= 4 is 21.6 Å². The van der Waals surface area contributed by atoms with E-state index in [0.717, 1.165) is 6.26 Å². The van der Waals surface area contributed by atoms with Crippen LogP contribution >= 0.6 is 0 Å². The molecule has 0 radical (unpaired) electrons. The monoisotopic (exact) mass is 244 g/mol. The van der Waals surface area contributed by atoms with Gasteiger partial charge in [-0.3, -0.25) is 9.52 Å². The molecule has 3 N–H and O–H groups in total. The third-order valence-electron chi connectivity index (χ3n) is 1.77. The molecule has 0 bridgehead atoms. The number of amides is 1. The van der Waals surface area contributed by atoms with Crippen LogP contribution < -0.4 is 10.0 Å². The summed E-state index contributed by atoms with van der Waals surface area (Å²) in [5.74, 6) is -0.726. The fourth-order valence-electron chi connectivity index (χ4n) is 1.14. The van der Waals surface area contributed by atoms with Crippen molar-refractivity contribution in [2.24, 2.45) is 0 Å². The Hall–Kier alpha value is -1.76. The molecule has 1 rings (SSSR count). The van der Waals surface area contributed by atoms with Crippen LogP contribution in [0.1, 0.15) is 10.4 Å². The molecule has 1 aromatic carbocycles. The van der Waals surface area contributed by atoms with Crippen molar-refractivity contribution in [3.8, 4) is 5.75 Å². The van der Waals surface area contributed by atoms with Gasteiger partial charge in [-0.05, 0) is 12.1 Å². The minimum Gasteiger partial charge on any atom is -0.507 e. The summed E-state index contributed by atoms with van der Waals surface area (Å²) in [5.41, 5.74) is 0.286. The lowest BCUT2D eigenvalue weighted by molar-refractivity contribution is 0.0960. The highest BCUT2D eigenvalue weighted by Crippen LogP contribution is 2.22. The van der Waals surface area contributed by atoms with Crippen LogP contribution in [0.15, 0.2) is 18.2 Å². The second-order valence-electron chi connectivity index (χ2n) is 3.19. The highest BCUT2D eigenvalue weighted by Gasteiger charge is 2.11. The van der Waals surface area contributed by atoms with Crippen LogP contribution in [0.25, 0.3) is 0 Å². The van der Waals surface area contributed by atoms with Gasteiger partial charge >= 0.3 is 0 Å². The lowest BCUT2D eigenvalue weighted by Gasteiger charge is -2.07. The molecule has 1 amide bonds. The van der Waals surface area contributed by atoms with E-state index in [2.05, 4.69) is 10.0 Å². The van der Waals surface area contributed by atoms with E-state index >= 15 is 0 Å². The second-order valence-corrected chi connectivity index (χ2v) is 4.93. The van der Waals surface area contributed by atoms with Crippen LogP contribution in [-0.4, -0.2) is 32.7 Å². The summed E-state index contributed by atoms with van der Waals surface area (Å²) in [7, 11) is -1.96. The summed E-state index contributed by atoms with van der Waals surface area (Å²) >= 11 is 0.